The minimum Gasteiger partial charge on any atom is -0.476 e. The second-order valence-corrected chi connectivity index (χ2v) is 24.5. The second-order valence-electron chi connectivity index (χ2n) is 23.3. The summed E-state index contributed by atoms with van der Waals surface area (Å²) in [6, 6.07) is 54.7. The van der Waals surface area contributed by atoms with Gasteiger partial charge in [-0.3, -0.25) is 4.79 Å². The zero-order valence-electron chi connectivity index (χ0n) is 45.4. The summed E-state index contributed by atoms with van der Waals surface area (Å²) in [6.45, 7) is 29.3. The first-order chi connectivity index (χ1) is 35.2. The maximum atomic E-state index is 13.7. The number of carboxylic acids is 1. The maximum Gasteiger partial charge on any atom is 0.357 e. The fraction of sp³-hybridized carbons (Fsp3) is 0.328. The van der Waals surface area contributed by atoms with Gasteiger partial charge in [-0.2, -0.15) is 10.1 Å². The normalized spacial score (nSPS) is 16.2. The van der Waals surface area contributed by atoms with Crippen molar-refractivity contribution < 1.29 is 14.7 Å². The average Bonchev–Trinajstić information content (AvgIpc) is 4.22. The van der Waals surface area contributed by atoms with E-state index in [0.29, 0.717) is 5.69 Å². The number of rotatable bonds is 15. The van der Waals surface area contributed by atoms with Crippen molar-refractivity contribution in [3.63, 3.8) is 0 Å². The van der Waals surface area contributed by atoms with Crippen LogP contribution in [0.15, 0.2) is 162 Å². The van der Waals surface area contributed by atoms with Crippen LogP contribution in [0, 0.1) is 21.7 Å². The molecule has 1 aromatic heterocycles. The van der Waals surface area contributed by atoms with Crippen LogP contribution in [0.1, 0.15) is 136 Å². The number of para-hydroxylation sites is 1. The molecule has 3 aliphatic rings. The van der Waals surface area contributed by atoms with E-state index < -0.39 is 11.9 Å². The number of benzene rings is 6. The summed E-state index contributed by atoms with van der Waals surface area (Å²) in [5.41, 5.74) is 14.6. The van der Waals surface area contributed by atoms with Crippen molar-refractivity contribution in [2.45, 2.75) is 120 Å². The molecule has 6 aromatic carbocycles. The van der Waals surface area contributed by atoms with E-state index in [1.807, 2.05) is 18.2 Å². The van der Waals surface area contributed by atoms with E-state index in [2.05, 4.69) is 202 Å². The van der Waals surface area contributed by atoms with Gasteiger partial charge in [0.2, 0.25) is 0 Å². The van der Waals surface area contributed by atoms with Gasteiger partial charge in [0.15, 0.2) is 5.71 Å². The molecule has 2 aliphatic carbocycles. The van der Waals surface area contributed by atoms with Crippen molar-refractivity contribution in [3.05, 3.63) is 184 Å². The molecule has 10 rings (SSSR count). The number of anilines is 4. The van der Waals surface area contributed by atoms with Crippen molar-refractivity contribution in [2.75, 3.05) is 9.91 Å². The molecular weight excluding hydrogens is 927 g/mol. The Bertz CT molecular complexity index is 3240. The summed E-state index contributed by atoms with van der Waals surface area (Å²) in [4.78, 5) is 30.3. The quantitative estimate of drug-likeness (QED) is 0.104. The highest BCUT2D eigenvalue weighted by Crippen LogP contribution is 2.69. The van der Waals surface area contributed by atoms with Gasteiger partial charge in [-0.25, -0.2) is 4.79 Å². The molecule has 0 saturated carbocycles. The number of hydrogen-bond acceptors (Lipinski definition) is 5. The second kappa shape index (κ2) is 18.2. The Morgan fingerprint density at radius 1 is 0.554 bits per heavy atom. The molecule has 0 atom stereocenters. The molecule has 1 amide bonds. The van der Waals surface area contributed by atoms with E-state index in [9.17, 15) is 14.7 Å². The lowest BCUT2D eigenvalue weighted by Gasteiger charge is -2.56. The molecule has 1 N–H and O–H groups in total. The Hall–Kier alpha value is -6.83. The first-order valence-corrected chi connectivity index (χ1v) is 27.5. The van der Waals surface area contributed by atoms with Gasteiger partial charge in [0.05, 0.1) is 11.3 Å². The van der Waals surface area contributed by atoms with Crippen molar-refractivity contribution in [3.8, 4) is 32.7 Å². The molecule has 0 unspecified atom stereocenters. The minimum atomic E-state index is -1.25. The number of nitrogens with zero attached hydrogens (tertiary/aromatic N) is 3. The SMILES string of the molecule is CCC(C)(C)C1(C(C)(C)CC)c2ccccc2-c2ccc(N(c3ccc(-c4ccc(/C=C5\C(=O)N(c6ccccc6)N=C5C(=O)O)s4)cc3)c3ccc4c(c3)C(C(C)(C)CC)(C(C)(C)CC)c3ccccc3-4)cc21. The van der Waals surface area contributed by atoms with Gasteiger partial charge >= 0.3 is 5.97 Å². The molecule has 74 heavy (non-hydrogen) atoms. The first kappa shape index (κ1) is 50.7. The van der Waals surface area contributed by atoms with Gasteiger partial charge in [0.25, 0.3) is 5.91 Å². The Morgan fingerprint density at radius 2 is 0.986 bits per heavy atom. The van der Waals surface area contributed by atoms with Gasteiger partial charge < -0.3 is 10.0 Å². The number of hydrogen-bond donors (Lipinski definition) is 1. The Morgan fingerprint density at radius 3 is 1.45 bits per heavy atom. The summed E-state index contributed by atoms with van der Waals surface area (Å²) in [5.74, 6) is -1.72. The molecule has 0 bridgehead atoms. The predicted molar refractivity (Wildman–Crippen MR) is 310 cm³/mol. The molecule has 378 valence electrons. The lowest BCUT2D eigenvalue weighted by atomic mass is 9.47. The highest BCUT2D eigenvalue weighted by atomic mass is 32.1. The van der Waals surface area contributed by atoms with E-state index in [1.54, 1.807) is 30.3 Å². The van der Waals surface area contributed by atoms with Gasteiger partial charge in [-0.05, 0) is 164 Å². The van der Waals surface area contributed by atoms with Crippen LogP contribution in [0.5, 0.6) is 0 Å². The van der Waals surface area contributed by atoms with Gasteiger partial charge in [0.1, 0.15) is 0 Å². The maximum absolute atomic E-state index is 13.7. The summed E-state index contributed by atoms with van der Waals surface area (Å²) in [6.07, 6.45) is 5.73. The standard InChI is InChI=1S/C67H71N3O3S/c1-13-62(5,6)66(63(7,8)14-2)54-28-22-20-26-49(54)51-37-34-46(40-56(51)66)69(47-35-38-52-50-27-21-23-29-55(50)67(57(52)41-47,64(9,10)15-3)65(11,12)16-4)44-32-30-43(31-33-44)58-39-36-48(74-58)42-53-59(61(72)73)68-70(60(53)71)45-24-18-17-19-25-45/h17-42H,13-16H2,1-12H3,(H,72,73)/b53-42-. The van der Waals surface area contributed by atoms with Gasteiger partial charge in [-0.15, -0.1) is 11.3 Å². The minimum absolute atomic E-state index is 0.0537. The molecule has 7 aromatic rings. The third kappa shape index (κ3) is 7.27. The Balaban J connectivity index is 1.15. The molecule has 0 spiro atoms. The van der Waals surface area contributed by atoms with Crippen molar-refractivity contribution in [2.24, 2.45) is 26.8 Å². The summed E-state index contributed by atoms with van der Waals surface area (Å²) >= 11 is 1.52. The number of amides is 1. The molecule has 7 heteroatoms. The van der Waals surface area contributed by atoms with Crippen LogP contribution < -0.4 is 9.91 Å². The van der Waals surface area contributed by atoms with Gasteiger partial charge in [0, 0.05) is 37.6 Å². The van der Waals surface area contributed by atoms with Crippen LogP contribution >= 0.6 is 11.3 Å². The fourth-order valence-corrected chi connectivity index (χ4v) is 15.0. The number of hydrazone groups is 1. The summed E-state index contributed by atoms with van der Waals surface area (Å²) < 4.78 is 0. The van der Waals surface area contributed by atoms with Crippen molar-refractivity contribution in [1.82, 2.24) is 0 Å². The number of carboxylic acid groups (broad SMARTS) is 1. The van der Waals surface area contributed by atoms with E-state index in [0.717, 1.165) is 58.1 Å². The molecule has 0 saturated heterocycles. The lowest BCUT2D eigenvalue weighted by molar-refractivity contribution is -0.129. The number of thiophene rings is 1. The third-order valence-electron chi connectivity index (χ3n) is 18.6. The van der Waals surface area contributed by atoms with Crippen LogP contribution in [0.25, 0.3) is 38.8 Å². The largest absolute Gasteiger partial charge is 0.476 e. The molecule has 0 fully saturated rings. The van der Waals surface area contributed by atoms with Gasteiger partial charge in [-0.1, -0.05) is 174 Å². The molecule has 1 aliphatic heterocycles. The third-order valence-corrected chi connectivity index (χ3v) is 19.7. The molecular formula is C67H71N3O3S. The average molecular weight is 998 g/mol. The predicted octanol–water partition coefficient (Wildman–Crippen LogP) is 18.0. The van der Waals surface area contributed by atoms with Crippen LogP contribution in [0.3, 0.4) is 0 Å². The van der Waals surface area contributed by atoms with E-state index in [-0.39, 0.29) is 43.8 Å². The first-order valence-electron chi connectivity index (χ1n) is 26.7. The lowest BCUT2D eigenvalue weighted by Crippen LogP contribution is -2.52. The zero-order chi connectivity index (χ0) is 52.8. The fourth-order valence-electron chi connectivity index (χ4n) is 14.0. The highest BCUT2D eigenvalue weighted by Gasteiger charge is 2.61. The van der Waals surface area contributed by atoms with Crippen molar-refractivity contribution in [1.29, 1.82) is 0 Å². The van der Waals surface area contributed by atoms with E-state index in [1.165, 1.54) is 60.9 Å². The number of aliphatic carboxylic acids is 1. The number of fused-ring (bicyclic) bond motifs is 6. The number of carbonyl (C=O) groups is 2. The Labute approximate surface area is 443 Å². The Kier molecular flexibility index (Phi) is 12.5. The molecule has 0 radical (unpaired) electrons. The van der Waals surface area contributed by atoms with Crippen LogP contribution in [0.4, 0.5) is 22.7 Å². The monoisotopic (exact) mass is 998 g/mol. The van der Waals surface area contributed by atoms with E-state index >= 15 is 0 Å². The number of carbonyl (C=O) groups excluding carboxylic acids is 1. The summed E-state index contributed by atoms with van der Waals surface area (Å²) in [7, 11) is 0. The van der Waals surface area contributed by atoms with Crippen LogP contribution in [-0.2, 0) is 20.4 Å². The molecule has 2 heterocycles. The van der Waals surface area contributed by atoms with Crippen molar-refractivity contribution >= 4 is 57.8 Å². The topological polar surface area (TPSA) is 73.2 Å². The van der Waals surface area contributed by atoms with E-state index in [4.69, 9.17) is 0 Å². The van der Waals surface area contributed by atoms with Crippen LogP contribution in [0.2, 0.25) is 0 Å². The summed E-state index contributed by atoms with van der Waals surface area (Å²) in [5, 5.41) is 15.5. The van der Waals surface area contributed by atoms with Crippen LogP contribution in [-0.4, -0.2) is 22.7 Å². The molecule has 6 nitrogen and oxygen atoms in total. The smallest absolute Gasteiger partial charge is 0.357 e. The zero-order valence-corrected chi connectivity index (χ0v) is 46.2. The highest BCUT2D eigenvalue weighted by molar-refractivity contribution is 7.16.